The molecule has 0 fully saturated rings. The molecule has 0 aliphatic carbocycles. The van der Waals surface area contributed by atoms with Gasteiger partial charge in [0.05, 0.1) is 16.9 Å². The first-order valence-electron chi connectivity index (χ1n) is 8.14. The summed E-state index contributed by atoms with van der Waals surface area (Å²) in [6, 6.07) is 15.8. The summed E-state index contributed by atoms with van der Waals surface area (Å²) < 4.78 is 26.8. The minimum Gasteiger partial charge on any atom is -0.355 e. The van der Waals surface area contributed by atoms with Crippen molar-refractivity contribution < 1.29 is 13.6 Å². The molecule has 0 saturated heterocycles. The monoisotopic (exact) mass is 352 g/mol. The maximum absolute atomic E-state index is 13.8. The molecule has 0 radical (unpaired) electrons. The molecule has 3 rings (SSSR count). The lowest BCUT2D eigenvalue weighted by molar-refractivity contribution is 0.102. The van der Waals surface area contributed by atoms with Gasteiger partial charge in [-0.1, -0.05) is 24.3 Å². The van der Waals surface area contributed by atoms with Crippen LogP contribution in [0.2, 0.25) is 0 Å². The molecule has 0 bridgehead atoms. The fourth-order valence-corrected chi connectivity index (χ4v) is 2.60. The van der Waals surface area contributed by atoms with E-state index in [2.05, 4.69) is 10.6 Å². The molecule has 2 N–H and O–H groups in total. The molecule has 1 amide bonds. The minimum atomic E-state index is -0.821. The summed E-state index contributed by atoms with van der Waals surface area (Å²) >= 11 is 0. The number of halogens is 2. The molecule has 132 valence electrons. The van der Waals surface area contributed by atoms with E-state index in [0.29, 0.717) is 11.3 Å². The lowest BCUT2D eigenvalue weighted by Gasteiger charge is -2.15. The normalized spacial score (nSPS) is 10.5. The SMILES string of the molecule is Cc1cccc(Nc2ccccc2C(=O)Nc2ccc(F)cc2F)c1C. The molecule has 0 saturated carbocycles. The van der Waals surface area contributed by atoms with E-state index in [1.165, 1.54) is 6.07 Å². The number of rotatable bonds is 4. The van der Waals surface area contributed by atoms with Gasteiger partial charge in [0.1, 0.15) is 11.6 Å². The fourth-order valence-electron chi connectivity index (χ4n) is 2.60. The Morgan fingerprint density at radius 3 is 2.35 bits per heavy atom. The predicted molar refractivity (Wildman–Crippen MR) is 100.0 cm³/mol. The smallest absolute Gasteiger partial charge is 0.257 e. The first-order chi connectivity index (χ1) is 12.5. The van der Waals surface area contributed by atoms with Gasteiger partial charge >= 0.3 is 0 Å². The largest absolute Gasteiger partial charge is 0.355 e. The lowest BCUT2D eigenvalue weighted by atomic mass is 10.1. The molecule has 0 spiro atoms. The van der Waals surface area contributed by atoms with Crippen LogP contribution in [0.5, 0.6) is 0 Å². The van der Waals surface area contributed by atoms with Gasteiger partial charge in [-0.25, -0.2) is 8.78 Å². The Hall–Kier alpha value is -3.21. The van der Waals surface area contributed by atoms with Crippen LogP contribution in [0.3, 0.4) is 0 Å². The van der Waals surface area contributed by atoms with Gasteiger partial charge in [-0.15, -0.1) is 0 Å². The molecule has 26 heavy (non-hydrogen) atoms. The lowest BCUT2D eigenvalue weighted by Crippen LogP contribution is -2.15. The minimum absolute atomic E-state index is 0.0714. The number of hydrogen-bond acceptors (Lipinski definition) is 2. The Morgan fingerprint density at radius 1 is 0.846 bits per heavy atom. The number of aryl methyl sites for hydroxylation is 1. The van der Waals surface area contributed by atoms with Crippen molar-refractivity contribution in [2.75, 3.05) is 10.6 Å². The summed E-state index contributed by atoms with van der Waals surface area (Å²) in [6.07, 6.45) is 0. The molecule has 0 heterocycles. The van der Waals surface area contributed by atoms with Crippen molar-refractivity contribution in [2.24, 2.45) is 0 Å². The van der Waals surface area contributed by atoms with Gasteiger partial charge in [0.15, 0.2) is 0 Å². The molecule has 0 atom stereocenters. The number of para-hydroxylation sites is 1. The Morgan fingerprint density at radius 2 is 1.58 bits per heavy atom. The molecular formula is C21H18F2N2O. The second-order valence-corrected chi connectivity index (χ2v) is 6.00. The number of nitrogens with one attached hydrogen (secondary N) is 2. The zero-order valence-corrected chi connectivity index (χ0v) is 14.4. The van der Waals surface area contributed by atoms with Crippen LogP contribution in [0.4, 0.5) is 25.8 Å². The summed E-state index contributed by atoms with van der Waals surface area (Å²) in [6.45, 7) is 4.00. The zero-order valence-electron chi connectivity index (χ0n) is 14.4. The predicted octanol–water partition coefficient (Wildman–Crippen LogP) is 5.58. The van der Waals surface area contributed by atoms with Gasteiger partial charge in [0.2, 0.25) is 0 Å². The summed E-state index contributed by atoms with van der Waals surface area (Å²) in [5.41, 5.74) is 3.98. The molecule has 0 aliphatic rings. The Balaban J connectivity index is 1.89. The molecule has 0 aromatic heterocycles. The highest BCUT2D eigenvalue weighted by Crippen LogP contribution is 2.26. The number of carbonyl (C=O) groups is 1. The van der Waals surface area contributed by atoms with Crippen LogP contribution in [0.15, 0.2) is 60.7 Å². The number of benzene rings is 3. The third-order valence-electron chi connectivity index (χ3n) is 4.22. The number of amides is 1. The van der Waals surface area contributed by atoms with Gasteiger partial charge in [0, 0.05) is 11.8 Å². The van der Waals surface area contributed by atoms with Crippen molar-refractivity contribution in [3.63, 3.8) is 0 Å². The second kappa shape index (κ2) is 7.35. The summed E-state index contributed by atoms with van der Waals surface area (Å²) in [5, 5.41) is 5.74. The Kier molecular flexibility index (Phi) is 4.98. The van der Waals surface area contributed by atoms with Crippen LogP contribution < -0.4 is 10.6 Å². The quantitative estimate of drug-likeness (QED) is 0.644. The van der Waals surface area contributed by atoms with Crippen LogP contribution in [0.1, 0.15) is 21.5 Å². The van der Waals surface area contributed by atoms with Crippen molar-refractivity contribution in [2.45, 2.75) is 13.8 Å². The zero-order chi connectivity index (χ0) is 18.7. The maximum atomic E-state index is 13.8. The topological polar surface area (TPSA) is 41.1 Å². The third-order valence-corrected chi connectivity index (χ3v) is 4.22. The van der Waals surface area contributed by atoms with E-state index < -0.39 is 17.5 Å². The van der Waals surface area contributed by atoms with E-state index in [4.69, 9.17) is 0 Å². The standard InChI is InChI=1S/C21H18F2N2O/c1-13-6-5-9-18(14(13)2)24-19-8-4-3-7-16(19)21(26)25-20-11-10-15(22)12-17(20)23/h3-12,24H,1-2H3,(H,25,26). The summed E-state index contributed by atoms with van der Waals surface area (Å²) in [5.74, 6) is -2.00. The molecule has 3 aromatic carbocycles. The molecule has 0 unspecified atom stereocenters. The van der Waals surface area contributed by atoms with E-state index in [1.54, 1.807) is 18.2 Å². The van der Waals surface area contributed by atoms with Crippen LogP contribution in [0, 0.1) is 25.5 Å². The van der Waals surface area contributed by atoms with Crippen molar-refractivity contribution in [3.05, 3.63) is 89.0 Å². The van der Waals surface area contributed by atoms with Crippen molar-refractivity contribution in [1.82, 2.24) is 0 Å². The van der Waals surface area contributed by atoms with E-state index in [9.17, 15) is 13.6 Å². The van der Waals surface area contributed by atoms with E-state index in [-0.39, 0.29) is 5.69 Å². The maximum Gasteiger partial charge on any atom is 0.257 e. The number of carbonyl (C=O) groups excluding carboxylic acids is 1. The Labute approximate surface area is 150 Å². The Bertz CT molecular complexity index is 970. The molecular weight excluding hydrogens is 334 g/mol. The van der Waals surface area contributed by atoms with Gasteiger partial charge in [-0.2, -0.15) is 0 Å². The second-order valence-electron chi connectivity index (χ2n) is 6.00. The van der Waals surface area contributed by atoms with Gasteiger partial charge in [-0.3, -0.25) is 4.79 Å². The average Bonchev–Trinajstić information content (AvgIpc) is 2.62. The first-order valence-corrected chi connectivity index (χ1v) is 8.14. The van der Waals surface area contributed by atoms with Crippen LogP contribution in [-0.4, -0.2) is 5.91 Å². The van der Waals surface area contributed by atoms with Gasteiger partial charge < -0.3 is 10.6 Å². The molecule has 0 aliphatic heterocycles. The molecule has 3 nitrogen and oxygen atoms in total. The van der Waals surface area contributed by atoms with E-state index in [0.717, 1.165) is 28.9 Å². The highest BCUT2D eigenvalue weighted by Gasteiger charge is 2.14. The van der Waals surface area contributed by atoms with Crippen molar-refractivity contribution >= 4 is 23.0 Å². The fraction of sp³-hybridized carbons (Fsp3) is 0.0952. The highest BCUT2D eigenvalue weighted by atomic mass is 19.1. The number of anilines is 3. The van der Waals surface area contributed by atoms with E-state index in [1.807, 2.05) is 38.1 Å². The third kappa shape index (κ3) is 3.72. The summed E-state index contributed by atoms with van der Waals surface area (Å²) in [7, 11) is 0. The number of hydrogen-bond donors (Lipinski definition) is 2. The molecule has 3 aromatic rings. The first kappa shape index (κ1) is 17.6. The van der Waals surface area contributed by atoms with Crippen LogP contribution >= 0.6 is 0 Å². The highest BCUT2D eigenvalue weighted by molar-refractivity contribution is 6.08. The molecule has 5 heteroatoms. The van der Waals surface area contributed by atoms with Gasteiger partial charge in [0.25, 0.3) is 5.91 Å². The van der Waals surface area contributed by atoms with Crippen molar-refractivity contribution in [1.29, 1.82) is 0 Å². The van der Waals surface area contributed by atoms with Crippen molar-refractivity contribution in [3.8, 4) is 0 Å². The average molecular weight is 352 g/mol. The van der Waals surface area contributed by atoms with E-state index >= 15 is 0 Å². The summed E-state index contributed by atoms with van der Waals surface area (Å²) in [4.78, 5) is 12.6. The van der Waals surface area contributed by atoms with Crippen LogP contribution in [-0.2, 0) is 0 Å². The van der Waals surface area contributed by atoms with Crippen LogP contribution in [0.25, 0.3) is 0 Å². The van der Waals surface area contributed by atoms with Gasteiger partial charge in [-0.05, 0) is 55.3 Å².